The summed E-state index contributed by atoms with van der Waals surface area (Å²) in [5.74, 6) is 0.478. The van der Waals surface area contributed by atoms with Crippen molar-refractivity contribution in [2.75, 3.05) is 12.9 Å². The molecule has 0 fully saturated rings. The highest BCUT2D eigenvalue weighted by molar-refractivity contribution is 7.80. The summed E-state index contributed by atoms with van der Waals surface area (Å²) in [6, 6.07) is 7.88. The zero-order chi connectivity index (χ0) is 11.5. The molecule has 0 bridgehead atoms. The Morgan fingerprint density at radius 1 is 1.44 bits per heavy atom. The first-order chi connectivity index (χ1) is 7.74. The summed E-state index contributed by atoms with van der Waals surface area (Å²) in [6.45, 7) is 0. The van der Waals surface area contributed by atoms with Gasteiger partial charge in [0, 0.05) is 10.9 Å². The van der Waals surface area contributed by atoms with Crippen LogP contribution in [0.5, 0.6) is 0 Å². The zero-order valence-electron chi connectivity index (χ0n) is 8.99. The van der Waals surface area contributed by atoms with Crippen LogP contribution in [0.15, 0.2) is 24.3 Å². The van der Waals surface area contributed by atoms with Crippen LogP contribution < -0.4 is 0 Å². The van der Waals surface area contributed by atoms with Gasteiger partial charge in [-0.05, 0) is 35.9 Å². The number of benzene rings is 1. The van der Waals surface area contributed by atoms with E-state index in [0.29, 0.717) is 5.69 Å². The maximum absolute atomic E-state index is 11.3. The number of methoxy groups -OCH3 is 1. The predicted octanol–water partition coefficient (Wildman–Crippen LogP) is 2.43. The fraction of sp³-hybridized carbons (Fsp3) is 0.250. The molecule has 3 nitrogen and oxygen atoms in total. The van der Waals surface area contributed by atoms with Crippen molar-refractivity contribution in [1.82, 2.24) is 4.98 Å². The standard InChI is InChI=1S/C12H13NO2S/c1-15-12(14)11-7-9-6-8(4-5-16)2-3-10(9)13-11/h2-3,6-7,13,16H,4-5H2,1H3. The van der Waals surface area contributed by atoms with Crippen molar-refractivity contribution in [2.24, 2.45) is 0 Å². The number of aryl methyl sites for hydroxylation is 1. The molecule has 2 rings (SSSR count). The second-order valence-corrected chi connectivity index (χ2v) is 4.02. The number of esters is 1. The van der Waals surface area contributed by atoms with Crippen molar-refractivity contribution >= 4 is 29.5 Å². The highest BCUT2D eigenvalue weighted by atomic mass is 32.1. The number of H-pyrrole nitrogens is 1. The van der Waals surface area contributed by atoms with Crippen molar-refractivity contribution in [3.05, 3.63) is 35.5 Å². The van der Waals surface area contributed by atoms with Crippen molar-refractivity contribution < 1.29 is 9.53 Å². The van der Waals surface area contributed by atoms with Crippen LogP contribution in [0.3, 0.4) is 0 Å². The molecule has 0 atom stereocenters. The van der Waals surface area contributed by atoms with Gasteiger partial charge in [-0.2, -0.15) is 12.6 Å². The molecule has 0 aliphatic heterocycles. The Hall–Kier alpha value is -1.42. The van der Waals surface area contributed by atoms with Gasteiger partial charge in [0.15, 0.2) is 0 Å². The van der Waals surface area contributed by atoms with E-state index in [0.717, 1.165) is 23.1 Å². The van der Waals surface area contributed by atoms with E-state index in [2.05, 4.69) is 28.4 Å². The van der Waals surface area contributed by atoms with Gasteiger partial charge in [-0.3, -0.25) is 0 Å². The first kappa shape index (κ1) is 11.1. The fourth-order valence-electron chi connectivity index (χ4n) is 1.69. The van der Waals surface area contributed by atoms with Gasteiger partial charge >= 0.3 is 5.97 Å². The minimum Gasteiger partial charge on any atom is -0.464 e. The molecule has 0 amide bonds. The predicted molar refractivity (Wildman–Crippen MR) is 67.2 cm³/mol. The van der Waals surface area contributed by atoms with Crippen LogP contribution in [-0.2, 0) is 11.2 Å². The third-order valence-electron chi connectivity index (χ3n) is 2.49. The lowest BCUT2D eigenvalue weighted by Gasteiger charge is -1.97. The number of aromatic amines is 1. The number of hydrogen-bond acceptors (Lipinski definition) is 3. The summed E-state index contributed by atoms with van der Waals surface area (Å²) < 4.78 is 4.66. The molecular weight excluding hydrogens is 222 g/mol. The summed E-state index contributed by atoms with van der Waals surface area (Å²) in [4.78, 5) is 14.3. The molecule has 2 aromatic rings. The molecule has 0 radical (unpaired) electrons. The van der Waals surface area contributed by atoms with E-state index in [1.165, 1.54) is 12.7 Å². The summed E-state index contributed by atoms with van der Waals surface area (Å²) >= 11 is 4.20. The summed E-state index contributed by atoms with van der Waals surface area (Å²) in [6.07, 6.45) is 0.928. The molecule has 84 valence electrons. The van der Waals surface area contributed by atoms with Crippen LogP contribution in [0.2, 0.25) is 0 Å². The Morgan fingerprint density at radius 3 is 2.94 bits per heavy atom. The molecule has 0 unspecified atom stereocenters. The third-order valence-corrected chi connectivity index (χ3v) is 2.71. The van der Waals surface area contributed by atoms with Gasteiger partial charge in [0.2, 0.25) is 0 Å². The molecule has 1 aromatic heterocycles. The number of aromatic nitrogens is 1. The van der Waals surface area contributed by atoms with Crippen LogP contribution in [-0.4, -0.2) is 23.8 Å². The van der Waals surface area contributed by atoms with Gasteiger partial charge in [0.25, 0.3) is 0 Å². The van der Waals surface area contributed by atoms with Crippen LogP contribution in [0.25, 0.3) is 10.9 Å². The summed E-state index contributed by atoms with van der Waals surface area (Å²) in [5.41, 5.74) is 2.65. The first-order valence-corrected chi connectivity index (χ1v) is 5.68. The van der Waals surface area contributed by atoms with E-state index < -0.39 is 0 Å². The molecule has 4 heteroatoms. The Morgan fingerprint density at radius 2 is 2.25 bits per heavy atom. The fourth-order valence-corrected chi connectivity index (χ4v) is 1.94. The summed E-state index contributed by atoms with van der Waals surface area (Å²) in [5, 5.41) is 1.03. The van der Waals surface area contributed by atoms with Crippen molar-refractivity contribution in [3.63, 3.8) is 0 Å². The maximum atomic E-state index is 11.3. The average Bonchev–Trinajstić information content (AvgIpc) is 2.71. The number of hydrogen-bond donors (Lipinski definition) is 2. The Labute approximate surface area is 99.2 Å². The van der Waals surface area contributed by atoms with Crippen LogP contribution in [0.4, 0.5) is 0 Å². The van der Waals surface area contributed by atoms with E-state index in [-0.39, 0.29) is 5.97 Å². The van der Waals surface area contributed by atoms with E-state index >= 15 is 0 Å². The number of ether oxygens (including phenoxy) is 1. The first-order valence-electron chi connectivity index (χ1n) is 5.05. The minimum atomic E-state index is -0.341. The second-order valence-electron chi connectivity index (χ2n) is 3.57. The van der Waals surface area contributed by atoms with E-state index in [1.807, 2.05) is 18.2 Å². The smallest absolute Gasteiger partial charge is 0.354 e. The van der Waals surface area contributed by atoms with Gasteiger partial charge in [0.1, 0.15) is 5.69 Å². The van der Waals surface area contributed by atoms with Gasteiger partial charge in [-0.1, -0.05) is 6.07 Å². The molecule has 1 aromatic carbocycles. The van der Waals surface area contributed by atoms with E-state index in [1.54, 1.807) is 0 Å². The Kier molecular flexibility index (Phi) is 3.19. The number of thiol groups is 1. The molecule has 0 saturated heterocycles. The van der Waals surface area contributed by atoms with E-state index in [4.69, 9.17) is 0 Å². The molecule has 16 heavy (non-hydrogen) atoms. The topological polar surface area (TPSA) is 42.1 Å². The Balaban J connectivity index is 2.41. The summed E-state index contributed by atoms with van der Waals surface area (Å²) in [7, 11) is 1.38. The molecule has 0 aliphatic carbocycles. The lowest BCUT2D eigenvalue weighted by molar-refractivity contribution is 0.0595. The molecule has 1 N–H and O–H groups in total. The molecular formula is C12H13NO2S. The lowest BCUT2D eigenvalue weighted by atomic mass is 10.1. The minimum absolute atomic E-state index is 0.341. The van der Waals surface area contributed by atoms with Gasteiger partial charge < -0.3 is 9.72 Å². The molecule has 0 spiro atoms. The third kappa shape index (κ3) is 2.07. The largest absolute Gasteiger partial charge is 0.464 e. The number of fused-ring (bicyclic) bond motifs is 1. The highest BCUT2D eigenvalue weighted by Gasteiger charge is 2.09. The van der Waals surface area contributed by atoms with Crippen molar-refractivity contribution in [2.45, 2.75) is 6.42 Å². The Bertz CT molecular complexity index is 519. The highest BCUT2D eigenvalue weighted by Crippen LogP contribution is 2.18. The van der Waals surface area contributed by atoms with Gasteiger partial charge in [-0.15, -0.1) is 0 Å². The molecule has 0 aliphatic rings. The number of rotatable bonds is 3. The van der Waals surface area contributed by atoms with Crippen molar-refractivity contribution in [1.29, 1.82) is 0 Å². The average molecular weight is 235 g/mol. The van der Waals surface area contributed by atoms with E-state index in [9.17, 15) is 4.79 Å². The lowest BCUT2D eigenvalue weighted by Crippen LogP contribution is -2.00. The SMILES string of the molecule is COC(=O)c1cc2cc(CCS)ccc2[nH]1. The zero-order valence-corrected chi connectivity index (χ0v) is 9.88. The second kappa shape index (κ2) is 4.61. The molecule has 0 saturated carbocycles. The molecule has 1 heterocycles. The van der Waals surface area contributed by atoms with Gasteiger partial charge in [-0.25, -0.2) is 4.79 Å². The van der Waals surface area contributed by atoms with Crippen LogP contribution >= 0.6 is 12.6 Å². The van der Waals surface area contributed by atoms with Crippen molar-refractivity contribution in [3.8, 4) is 0 Å². The van der Waals surface area contributed by atoms with Gasteiger partial charge in [0.05, 0.1) is 7.11 Å². The quantitative estimate of drug-likeness (QED) is 0.633. The van der Waals surface area contributed by atoms with Crippen LogP contribution in [0, 0.1) is 0 Å². The monoisotopic (exact) mass is 235 g/mol. The number of nitrogens with one attached hydrogen (secondary N) is 1. The number of carbonyl (C=O) groups excluding carboxylic acids is 1. The van der Waals surface area contributed by atoms with Crippen LogP contribution in [0.1, 0.15) is 16.1 Å². The number of carbonyl (C=O) groups is 1. The normalized spacial score (nSPS) is 10.6. The maximum Gasteiger partial charge on any atom is 0.354 e.